The van der Waals surface area contributed by atoms with Crippen LogP contribution in [0.2, 0.25) is 0 Å². The largest absolute Gasteiger partial charge is 0.346 e. The molecule has 5 rings (SSSR count). The fourth-order valence-electron chi connectivity index (χ4n) is 3.98. The molecule has 0 aromatic carbocycles. The molecule has 0 amide bonds. The molecule has 25 heavy (non-hydrogen) atoms. The molecule has 0 radical (unpaired) electrons. The summed E-state index contributed by atoms with van der Waals surface area (Å²) < 4.78 is 27.0. The van der Waals surface area contributed by atoms with Gasteiger partial charge >= 0.3 is 0 Å². The highest BCUT2D eigenvalue weighted by Gasteiger charge is 2.42. The second-order valence-electron chi connectivity index (χ2n) is 7.10. The van der Waals surface area contributed by atoms with Crippen LogP contribution < -0.4 is 0 Å². The molecule has 1 unspecified atom stereocenters. The van der Waals surface area contributed by atoms with E-state index < -0.39 is 10.0 Å². The fraction of sp³-hybridized carbons (Fsp3) is 0.444. The molecule has 1 saturated heterocycles. The second-order valence-corrected chi connectivity index (χ2v) is 9.31. The van der Waals surface area contributed by atoms with Crippen LogP contribution in [0.25, 0.3) is 21.8 Å². The van der Waals surface area contributed by atoms with Crippen LogP contribution in [0.1, 0.15) is 37.3 Å². The molecule has 1 aliphatic heterocycles. The van der Waals surface area contributed by atoms with Gasteiger partial charge in [0.15, 0.2) is 0 Å². The quantitative estimate of drug-likeness (QED) is 0.783. The molecule has 1 N–H and O–H groups in total. The Kier molecular flexibility index (Phi) is 3.36. The second kappa shape index (κ2) is 5.51. The maximum absolute atomic E-state index is 12.6. The Labute approximate surface area is 146 Å². The first-order valence-corrected chi connectivity index (χ1v) is 10.3. The van der Waals surface area contributed by atoms with E-state index in [9.17, 15) is 8.42 Å². The van der Waals surface area contributed by atoms with Gasteiger partial charge in [0.05, 0.1) is 10.9 Å². The molecule has 4 heterocycles. The average Bonchev–Trinajstić information content (AvgIpc) is 3.39. The summed E-state index contributed by atoms with van der Waals surface area (Å²) in [5, 5.41) is 3.07. The lowest BCUT2D eigenvalue weighted by molar-refractivity contribution is 0.313. The van der Waals surface area contributed by atoms with Crippen molar-refractivity contribution in [2.45, 2.75) is 36.9 Å². The number of pyridine rings is 2. The molecule has 130 valence electrons. The molecule has 3 aromatic rings. The van der Waals surface area contributed by atoms with Crippen molar-refractivity contribution in [2.75, 3.05) is 13.1 Å². The normalized spacial score (nSPS) is 22.6. The number of nitrogens with one attached hydrogen (secondary N) is 1. The van der Waals surface area contributed by atoms with Crippen LogP contribution in [-0.4, -0.2) is 46.0 Å². The van der Waals surface area contributed by atoms with E-state index in [1.54, 1.807) is 4.31 Å². The van der Waals surface area contributed by atoms with Gasteiger partial charge in [-0.25, -0.2) is 17.7 Å². The number of aromatic nitrogens is 3. The van der Waals surface area contributed by atoms with Gasteiger partial charge in [0.1, 0.15) is 5.65 Å². The highest BCUT2D eigenvalue weighted by atomic mass is 32.2. The third kappa shape index (κ3) is 2.45. The number of piperidine rings is 1. The summed E-state index contributed by atoms with van der Waals surface area (Å²) in [5.41, 5.74) is 1.85. The monoisotopic (exact) mass is 356 g/mol. The predicted molar refractivity (Wildman–Crippen MR) is 96.9 cm³/mol. The third-order valence-corrected chi connectivity index (χ3v) is 7.78. The summed E-state index contributed by atoms with van der Waals surface area (Å²) in [6.45, 7) is 1.18. The zero-order chi connectivity index (χ0) is 17.0. The Bertz CT molecular complexity index is 1060. The maximum Gasteiger partial charge on any atom is 0.217 e. The van der Waals surface area contributed by atoms with Crippen LogP contribution in [0.3, 0.4) is 0 Å². The molecule has 1 saturated carbocycles. The summed E-state index contributed by atoms with van der Waals surface area (Å²) in [4.78, 5) is 12.3. The topological polar surface area (TPSA) is 79.0 Å². The van der Waals surface area contributed by atoms with Crippen molar-refractivity contribution in [3.63, 3.8) is 0 Å². The fourth-order valence-corrected chi connectivity index (χ4v) is 5.91. The molecule has 3 aromatic heterocycles. The van der Waals surface area contributed by atoms with Crippen LogP contribution in [0.5, 0.6) is 0 Å². The predicted octanol–water partition coefficient (Wildman–Crippen LogP) is 2.78. The number of rotatable bonds is 3. The first kappa shape index (κ1) is 15.3. The lowest BCUT2D eigenvalue weighted by atomic mass is 9.92. The Morgan fingerprint density at radius 2 is 2.04 bits per heavy atom. The number of H-pyrrole nitrogens is 1. The molecular weight excluding hydrogens is 336 g/mol. The molecule has 2 fully saturated rings. The summed E-state index contributed by atoms with van der Waals surface area (Å²) in [6, 6.07) is 4.00. The Morgan fingerprint density at radius 1 is 1.16 bits per heavy atom. The van der Waals surface area contributed by atoms with Gasteiger partial charge in [-0.2, -0.15) is 0 Å². The SMILES string of the molecule is O=S(=O)(C1CC1)N1CCCC(c2nccc3cnc4[nH]ccc4c23)C1. The molecule has 1 atom stereocenters. The van der Waals surface area contributed by atoms with Crippen molar-refractivity contribution in [1.29, 1.82) is 0 Å². The van der Waals surface area contributed by atoms with Crippen molar-refractivity contribution in [2.24, 2.45) is 0 Å². The van der Waals surface area contributed by atoms with Crippen LogP contribution in [-0.2, 0) is 10.0 Å². The van der Waals surface area contributed by atoms with Gasteiger partial charge in [0.2, 0.25) is 10.0 Å². The molecule has 0 bridgehead atoms. The molecule has 0 spiro atoms. The number of nitrogens with zero attached hydrogens (tertiary/aromatic N) is 3. The van der Waals surface area contributed by atoms with Crippen molar-refractivity contribution < 1.29 is 8.42 Å². The first-order chi connectivity index (χ1) is 12.1. The summed E-state index contributed by atoms with van der Waals surface area (Å²) >= 11 is 0. The number of hydrogen-bond donors (Lipinski definition) is 1. The van der Waals surface area contributed by atoms with Crippen molar-refractivity contribution in [3.8, 4) is 0 Å². The van der Waals surface area contributed by atoms with Gasteiger partial charge in [0.25, 0.3) is 0 Å². The smallest absolute Gasteiger partial charge is 0.217 e. The number of fused-ring (bicyclic) bond motifs is 3. The van der Waals surface area contributed by atoms with Gasteiger partial charge in [-0.3, -0.25) is 4.98 Å². The Hall–Kier alpha value is -1.99. The van der Waals surface area contributed by atoms with E-state index in [1.165, 1.54) is 0 Å². The van der Waals surface area contributed by atoms with E-state index in [-0.39, 0.29) is 11.2 Å². The minimum Gasteiger partial charge on any atom is -0.346 e. The zero-order valence-electron chi connectivity index (χ0n) is 13.9. The molecule has 7 heteroatoms. The van der Waals surface area contributed by atoms with Crippen LogP contribution >= 0.6 is 0 Å². The van der Waals surface area contributed by atoms with E-state index in [0.717, 1.165) is 53.2 Å². The van der Waals surface area contributed by atoms with Crippen LogP contribution in [0, 0.1) is 0 Å². The first-order valence-electron chi connectivity index (χ1n) is 8.84. The van der Waals surface area contributed by atoms with Crippen LogP contribution in [0.15, 0.2) is 30.7 Å². The van der Waals surface area contributed by atoms with Gasteiger partial charge in [0, 0.05) is 53.8 Å². The minimum absolute atomic E-state index is 0.131. The summed E-state index contributed by atoms with van der Waals surface area (Å²) in [6.07, 6.45) is 9.04. The standard InChI is InChI=1S/C18H20N4O2S/c23-25(24,14-3-4-14)22-9-1-2-13(11-22)17-16-12(5-7-19-17)10-21-18-15(16)6-8-20-18/h5-8,10,13-14H,1-4,9,11H2,(H,20,21). The van der Waals surface area contributed by atoms with Gasteiger partial charge < -0.3 is 4.98 Å². The van der Waals surface area contributed by atoms with Crippen molar-refractivity contribution >= 4 is 31.8 Å². The van der Waals surface area contributed by atoms with E-state index in [4.69, 9.17) is 0 Å². The van der Waals surface area contributed by atoms with E-state index in [0.29, 0.717) is 13.1 Å². The number of hydrogen-bond acceptors (Lipinski definition) is 4. The van der Waals surface area contributed by atoms with Crippen molar-refractivity contribution in [3.05, 3.63) is 36.4 Å². The average molecular weight is 356 g/mol. The molecule has 2 aliphatic rings. The lowest BCUT2D eigenvalue weighted by Gasteiger charge is -2.32. The molecular formula is C18H20N4O2S. The van der Waals surface area contributed by atoms with Crippen LogP contribution in [0.4, 0.5) is 0 Å². The Morgan fingerprint density at radius 3 is 2.88 bits per heavy atom. The highest BCUT2D eigenvalue weighted by molar-refractivity contribution is 7.90. The van der Waals surface area contributed by atoms with E-state index in [2.05, 4.69) is 15.0 Å². The molecule has 1 aliphatic carbocycles. The number of sulfonamides is 1. The van der Waals surface area contributed by atoms with Gasteiger partial charge in [-0.1, -0.05) is 0 Å². The van der Waals surface area contributed by atoms with Gasteiger partial charge in [-0.05, 0) is 37.8 Å². The summed E-state index contributed by atoms with van der Waals surface area (Å²) in [5.74, 6) is 0.131. The van der Waals surface area contributed by atoms with Crippen molar-refractivity contribution in [1.82, 2.24) is 19.3 Å². The highest BCUT2D eigenvalue weighted by Crippen LogP contribution is 2.37. The van der Waals surface area contributed by atoms with Gasteiger partial charge in [-0.15, -0.1) is 0 Å². The third-order valence-electron chi connectivity index (χ3n) is 5.42. The maximum atomic E-state index is 12.6. The number of aromatic amines is 1. The summed E-state index contributed by atoms with van der Waals surface area (Å²) in [7, 11) is -3.13. The minimum atomic E-state index is -3.13. The molecule has 6 nitrogen and oxygen atoms in total. The zero-order valence-corrected chi connectivity index (χ0v) is 14.7. The van der Waals surface area contributed by atoms with E-state index >= 15 is 0 Å². The lowest BCUT2D eigenvalue weighted by Crippen LogP contribution is -2.41. The Balaban J connectivity index is 1.59. The van der Waals surface area contributed by atoms with E-state index in [1.807, 2.05) is 30.7 Å².